The Labute approximate surface area is 156 Å². The van der Waals surface area contributed by atoms with E-state index in [2.05, 4.69) is 15.6 Å². The Morgan fingerprint density at radius 2 is 1.73 bits per heavy atom. The largest absolute Gasteiger partial charge is 0.497 e. The van der Waals surface area contributed by atoms with Crippen molar-refractivity contribution in [2.75, 3.05) is 19.5 Å². The molecule has 26 heavy (non-hydrogen) atoms. The van der Waals surface area contributed by atoms with E-state index in [9.17, 15) is 9.59 Å². The summed E-state index contributed by atoms with van der Waals surface area (Å²) in [4.78, 5) is 30.3. The van der Waals surface area contributed by atoms with Gasteiger partial charge in [-0.25, -0.2) is 4.98 Å². The van der Waals surface area contributed by atoms with Crippen LogP contribution in [0.4, 0.5) is 5.13 Å². The molecule has 2 N–H and O–H groups in total. The van der Waals surface area contributed by atoms with E-state index in [1.54, 1.807) is 24.4 Å². The van der Waals surface area contributed by atoms with Gasteiger partial charge in [0.05, 0.1) is 14.2 Å². The van der Waals surface area contributed by atoms with Crippen LogP contribution < -0.4 is 20.1 Å². The third-order valence-corrected chi connectivity index (χ3v) is 4.53. The van der Waals surface area contributed by atoms with Gasteiger partial charge in [-0.15, -0.1) is 11.3 Å². The van der Waals surface area contributed by atoms with E-state index >= 15 is 0 Å². The van der Waals surface area contributed by atoms with Crippen molar-refractivity contribution in [3.63, 3.8) is 0 Å². The topological polar surface area (TPSA) is 89.5 Å². The van der Waals surface area contributed by atoms with Crippen molar-refractivity contribution < 1.29 is 19.1 Å². The van der Waals surface area contributed by atoms with Crippen LogP contribution in [-0.4, -0.2) is 37.1 Å². The van der Waals surface area contributed by atoms with Crippen LogP contribution in [0, 0.1) is 12.8 Å². The maximum Gasteiger partial charge on any atom is 0.252 e. The van der Waals surface area contributed by atoms with Gasteiger partial charge in [0, 0.05) is 22.7 Å². The van der Waals surface area contributed by atoms with Gasteiger partial charge in [-0.3, -0.25) is 9.59 Å². The zero-order chi connectivity index (χ0) is 19.3. The SMILES string of the molecule is COc1cc(OC)cc(C(=O)NC(C(=O)Nc2ncc(C)s2)C(C)C)c1. The van der Waals surface area contributed by atoms with E-state index in [1.807, 2.05) is 20.8 Å². The maximum atomic E-state index is 12.6. The lowest BCUT2D eigenvalue weighted by molar-refractivity contribution is -0.118. The molecule has 0 aliphatic rings. The molecule has 0 aliphatic carbocycles. The van der Waals surface area contributed by atoms with Crippen molar-refractivity contribution in [2.24, 2.45) is 5.92 Å². The van der Waals surface area contributed by atoms with Crippen molar-refractivity contribution in [3.05, 3.63) is 34.8 Å². The van der Waals surface area contributed by atoms with Gasteiger partial charge in [0.1, 0.15) is 17.5 Å². The van der Waals surface area contributed by atoms with E-state index in [-0.39, 0.29) is 17.7 Å². The number of amides is 2. The van der Waals surface area contributed by atoms with Crippen LogP contribution in [0.2, 0.25) is 0 Å². The molecule has 0 spiro atoms. The van der Waals surface area contributed by atoms with Crippen molar-refractivity contribution in [2.45, 2.75) is 26.8 Å². The molecular formula is C18H23N3O4S. The summed E-state index contributed by atoms with van der Waals surface area (Å²) in [5.74, 6) is 0.202. The molecule has 2 rings (SSSR count). The van der Waals surface area contributed by atoms with E-state index in [0.717, 1.165) is 4.88 Å². The summed E-state index contributed by atoms with van der Waals surface area (Å²) < 4.78 is 10.4. The maximum absolute atomic E-state index is 12.6. The first-order chi connectivity index (χ1) is 12.3. The summed E-state index contributed by atoms with van der Waals surface area (Å²) in [6.45, 7) is 5.64. The number of benzene rings is 1. The van der Waals surface area contributed by atoms with Gasteiger partial charge in [0.25, 0.3) is 5.91 Å². The zero-order valence-corrected chi connectivity index (χ0v) is 16.3. The van der Waals surface area contributed by atoms with Crippen LogP contribution >= 0.6 is 11.3 Å². The standard InChI is InChI=1S/C18H23N3O4S/c1-10(2)15(17(23)21-18-19-9-11(3)26-18)20-16(22)12-6-13(24-4)8-14(7-12)25-5/h6-10,15H,1-5H3,(H,20,22)(H,19,21,23). The van der Waals surface area contributed by atoms with Crippen LogP contribution in [0.15, 0.2) is 24.4 Å². The van der Waals surface area contributed by atoms with Crippen LogP contribution in [0.25, 0.3) is 0 Å². The van der Waals surface area contributed by atoms with E-state index in [1.165, 1.54) is 25.6 Å². The molecular weight excluding hydrogens is 354 g/mol. The molecule has 140 valence electrons. The Bertz CT molecular complexity index is 766. The predicted octanol–water partition coefficient (Wildman–Crippen LogP) is 2.86. The Hall–Kier alpha value is -2.61. The normalized spacial score (nSPS) is 11.8. The molecule has 7 nitrogen and oxygen atoms in total. The fraction of sp³-hybridized carbons (Fsp3) is 0.389. The number of aromatic nitrogens is 1. The highest BCUT2D eigenvalue weighted by molar-refractivity contribution is 7.15. The number of hydrogen-bond acceptors (Lipinski definition) is 6. The molecule has 1 atom stereocenters. The number of nitrogens with one attached hydrogen (secondary N) is 2. The first-order valence-electron chi connectivity index (χ1n) is 8.11. The number of nitrogens with zero attached hydrogens (tertiary/aromatic N) is 1. The van der Waals surface area contributed by atoms with Crippen LogP contribution in [-0.2, 0) is 4.79 Å². The summed E-state index contributed by atoms with van der Waals surface area (Å²) >= 11 is 1.38. The molecule has 1 heterocycles. The molecule has 0 radical (unpaired) electrons. The van der Waals surface area contributed by atoms with Crippen molar-refractivity contribution in [1.82, 2.24) is 10.3 Å². The van der Waals surface area contributed by atoms with Gasteiger partial charge in [-0.1, -0.05) is 13.8 Å². The molecule has 0 bridgehead atoms. The molecule has 1 aromatic heterocycles. The predicted molar refractivity (Wildman–Crippen MR) is 101 cm³/mol. The average Bonchev–Trinajstić information content (AvgIpc) is 3.03. The quantitative estimate of drug-likeness (QED) is 0.774. The minimum absolute atomic E-state index is 0.104. The molecule has 0 saturated heterocycles. The second kappa shape index (κ2) is 8.66. The number of thiazole rings is 1. The van der Waals surface area contributed by atoms with Crippen molar-refractivity contribution >= 4 is 28.3 Å². The summed E-state index contributed by atoms with van der Waals surface area (Å²) in [6.07, 6.45) is 1.69. The Kier molecular flexibility index (Phi) is 6.57. The lowest BCUT2D eigenvalue weighted by atomic mass is 10.0. The monoisotopic (exact) mass is 377 g/mol. The van der Waals surface area contributed by atoms with Gasteiger partial charge in [-0.2, -0.15) is 0 Å². The lowest BCUT2D eigenvalue weighted by Crippen LogP contribution is -2.47. The zero-order valence-electron chi connectivity index (χ0n) is 15.5. The number of methoxy groups -OCH3 is 2. The smallest absolute Gasteiger partial charge is 0.252 e. The summed E-state index contributed by atoms with van der Waals surface area (Å²) in [6, 6.07) is 4.16. The van der Waals surface area contributed by atoms with Crippen molar-refractivity contribution in [1.29, 1.82) is 0 Å². The molecule has 0 fully saturated rings. The minimum atomic E-state index is -0.705. The Morgan fingerprint density at radius 3 is 2.19 bits per heavy atom. The first kappa shape index (κ1) is 19.7. The molecule has 2 aromatic rings. The Balaban J connectivity index is 2.16. The van der Waals surface area contributed by atoms with Gasteiger partial charge in [-0.05, 0) is 25.0 Å². The second-order valence-electron chi connectivity index (χ2n) is 6.06. The van der Waals surface area contributed by atoms with Gasteiger partial charge < -0.3 is 20.1 Å². The van der Waals surface area contributed by atoms with Crippen LogP contribution in [0.5, 0.6) is 11.5 Å². The van der Waals surface area contributed by atoms with Crippen molar-refractivity contribution in [3.8, 4) is 11.5 Å². The third-order valence-electron chi connectivity index (χ3n) is 3.70. The molecule has 0 saturated carbocycles. The number of carbonyl (C=O) groups excluding carboxylic acids is 2. The fourth-order valence-electron chi connectivity index (χ4n) is 2.29. The molecule has 2 amide bonds. The highest BCUT2D eigenvalue weighted by Crippen LogP contribution is 2.23. The van der Waals surface area contributed by atoms with E-state index in [0.29, 0.717) is 22.2 Å². The van der Waals surface area contributed by atoms with Gasteiger partial charge >= 0.3 is 0 Å². The summed E-state index contributed by atoms with van der Waals surface area (Å²) in [5.41, 5.74) is 0.352. The van der Waals surface area contributed by atoms with E-state index in [4.69, 9.17) is 9.47 Å². The highest BCUT2D eigenvalue weighted by Gasteiger charge is 2.26. The summed E-state index contributed by atoms with van der Waals surface area (Å²) in [7, 11) is 3.02. The van der Waals surface area contributed by atoms with Crippen LogP contribution in [0.1, 0.15) is 29.1 Å². The third kappa shape index (κ3) is 4.95. The number of rotatable bonds is 7. The summed E-state index contributed by atoms with van der Waals surface area (Å²) in [5, 5.41) is 6.04. The number of hydrogen-bond donors (Lipinski definition) is 2. The first-order valence-corrected chi connectivity index (χ1v) is 8.93. The van der Waals surface area contributed by atoms with Gasteiger partial charge in [0.15, 0.2) is 5.13 Å². The fourth-order valence-corrected chi connectivity index (χ4v) is 2.96. The second-order valence-corrected chi connectivity index (χ2v) is 7.30. The highest BCUT2D eigenvalue weighted by atomic mass is 32.1. The molecule has 8 heteroatoms. The number of carbonyl (C=O) groups is 2. The lowest BCUT2D eigenvalue weighted by Gasteiger charge is -2.21. The molecule has 0 aliphatic heterocycles. The number of aryl methyl sites for hydroxylation is 1. The van der Waals surface area contributed by atoms with Gasteiger partial charge in [0.2, 0.25) is 5.91 Å². The number of anilines is 1. The van der Waals surface area contributed by atoms with E-state index < -0.39 is 6.04 Å². The number of ether oxygens (including phenoxy) is 2. The Morgan fingerprint density at radius 1 is 1.12 bits per heavy atom. The minimum Gasteiger partial charge on any atom is -0.497 e. The average molecular weight is 377 g/mol. The van der Waals surface area contributed by atoms with Crippen LogP contribution in [0.3, 0.4) is 0 Å². The molecule has 1 unspecified atom stereocenters. The molecule has 1 aromatic carbocycles.